The molecule has 2 aliphatic rings. The minimum atomic E-state index is -0.979. The predicted molar refractivity (Wildman–Crippen MR) is 88.7 cm³/mol. The fourth-order valence-electron chi connectivity index (χ4n) is 3.97. The molecule has 0 bridgehead atoms. The number of hydrogen-bond donors (Lipinski definition) is 1. The van der Waals surface area contributed by atoms with Crippen LogP contribution in [0, 0.1) is 17.3 Å². The summed E-state index contributed by atoms with van der Waals surface area (Å²) in [4.78, 5) is 35.4. The van der Waals surface area contributed by atoms with Gasteiger partial charge >= 0.3 is 5.97 Å². The molecule has 7 nitrogen and oxygen atoms in total. The van der Waals surface area contributed by atoms with Crippen molar-refractivity contribution in [2.24, 2.45) is 17.3 Å². The Balaban J connectivity index is 1.69. The van der Waals surface area contributed by atoms with Crippen LogP contribution in [0.5, 0.6) is 0 Å². The van der Waals surface area contributed by atoms with Crippen molar-refractivity contribution < 1.29 is 19.1 Å². The zero-order valence-corrected chi connectivity index (χ0v) is 14.6. The van der Waals surface area contributed by atoms with Crippen LogP contribution in [0.1, 0.15) is 20.3 Å². The topological polar surface area (TPSA) is 86.6 Å². The molecule has 0 spiro atoms. The number of carboxylic acid groups (broad SMARTS) is 1. The second-order valence-electron chi connectivity index (χ2n) is 7.54. The summed E-state index contributed by atoms with van der Waals surface area (Å²) in [5.41, 5.74) is -0.540. The first-order valence-corrected chi connectivity index (χ1v) is 8.38. The van der Waals surface area contributed by atoms with E-state index in [2.05, 4.69) is 9.97 Å². The Morgan fingerprint density at radius 1 is 1.44 bits per heavy atom. The van der Waals surface area contributed by atoms with Crippen molar-refractivity contribution in [2.75, 3.05) is 25.0 Å². The SMILES string of the molecule is CN(C[C@@H]1C[C@H](F)CN1c1ccncn1)C(=O)[C@@H]1[C@H](C(=O)O)C1(C)C. The third-order valence-electron chi connectivity index (χ3n) is 5.44. The quantitative estimate of drug-likeness (QED) is 0.859. The van der Waals surface area contributed by atoms with Crippen molar-refractivity contribution in [3.8, 4) is 0 Å². The van der Waals surface area contributed by atoms with Gasteiger partial charge < -0.3 is 14.9 Å². The van der Waals surface area contributed by atoms with Crippen LogP contribution in [-0.2, 0) is 9.59 Å². The zero-order chi connectivity index (χ0) is 18.4. The lowest BCUT2D eigenvalue weighted by molar-refractivity contribution is -0.141. The number of rotatable bonds is 5. The summed E-state index contributed by atoms with van der Waals surface area (Å²) in [5.74, 6) is -1.68. The zero-order valence-electron chi connectivity index (χ0n) is 14.6. The molecule has 0 unspecified atom stereocenters. The Kier molecular flexibility index (Phi) is 4.38. The van der Waals surface area contributed by atoms with Gasteiger partial charge in [0.1, 0.15) is 18.3 Å². The number of aliphatic carboxylic acids is 1. The van der Waals surface area contributed by atoms with E-state index in [1.807, 2.05) is 4.90 Å². The highest BCUT2D eigenvalue weighted by Gasteiger charge is 2.66. The fraction of sp³-hybridized carbons (Fsp3) is 0.647. The molecule has 2 heterocycles. The van der Waals surface area contributed by atoms with Gasteiger partial charge in [-0.15, -0.1) is 0 Å². The van der Waals surface area contributed by atoms with E-state index in [0.717, 1.165) is 0 Å². The molecule has 1 aromatic heterocycles. The molecule has 3 rings (SSSR count). The van der Waals surface area contributed by atoms with Gasteiger partial charge in [-0.1, -0.05) is 13.8 Å². The maximum absolute atomic E-state index is 14.0. The lowest BCUT2D eigenvalue weighted by Gasteiger charge is -2.29. The number of aromatic nitrogens is 2. The lowest BCUT2D eigenvalue weighted by Crippen LogP contribution is -2.42. The number of amides is 1. The molecule has 4 atom stereocenters. The Morgan fingerprint density at radius 2 is 2.16 bits per heavy atom. The molecule has 136 valence electrons. The molecule has 0 aromatic carbocycles. The van der Waals surface area contributed by atoms with Crippen molar-refractivity contribution in [3.63, 3.8) is 0 Å². The molecule has 1 saturated heterocycles. The van der Waals surface area contributed by atoms with Crippen molar-refractivity contribution in [3.05, 3.63) is 18.6 Å². The number of hydrogen-bond acceptors (Lipinski definition) is 5. The maximum atomic E-state index is 14.0. The molecule has 1 saturated carbocycles. The summed E-state index contributed by atoms with van der Waals surface area (Å²) >= 11 is 0. The number of carbonyl (C=O) groups excluding carboxylic acids is 1. The van der Waals surface area contributed by atoms with Gasteiger partial charge in [0.15, 0.2) is 0 Å². The summed E-state index contributed by atoms with van der Waals surface area (Å²) in [6, 6.07) is 1.53. The maximum Gasteiger partial charge on any atom is 0.307 e. The molecule has 2 fully saturated rings. The Hall–Kier alpha value is -2.25. The number of carboxylic acids is 1. The highest BCUT2D eigenvalue weighted by molar-refractivity contribution is 5.91. The molecule has 1 N–H and O–H groups in total. The van der Waals surface area contributed by atoms with Gasteiger partial charge in [-0.2, -0.15) is 0 Å². The molecule has 25 heavy (non-hydrogen) atoms. The summed E-state index contributed by atoms with van der Waals surface area (Å²) in [7, 11) is 1.65. The van der Waals surface area contributed by atoms with Crippen LogP contribution in [0.2, 0.25) is 0 Å². The minimum absolute atomic E-state index is 0.191. The Morgan fingerprint density at radius 3 is 2.72 bits per heavy atom. The first-order chi connectivity index (χ1) is 11.7. The van der Waals surface area contributed by atoms with E-state index in [0.29, 0.717) is 18.8 Å². The summed E-state index contributed by atoms with van der Waals surface area (Å²) in [6.45, 7) is 4.16. The smallest absolute Gasteiger partial charge is 0.307 e. The van der Waals surface area contributed by atoms with Crippen LogP contribution in [0.15, 0.2) is 18.6 Å². The van der Waals surface area contributed by atoms with Crippen molar-refractivity contribution in [2.45, 2.75) is 32.5 Å². The highest BCUT2D eigenvalue weighted by atomic mass is 19.1. The van der Waals surface area contributed by atoms with Crippen LogP contribution in [0.3, 0.4) is 0 Å². The molecular formula is C17H23FN4O3. The third kappa shape index (κ3) is 3.17. The number of carbonyl (C=O) groups is 2. The third-order valence-corrected chi connectivity index (χ3v) is 5.44. The number of nitrogens with zero attached hydrogens (tertiary/aromatic N) is 4. The van der Waals surface area contributed by atoms with E-state index in [-0.39, 0.29) is 18.5 Å². The molecular weight excluding hydrogens is 327 g/mol. The van der Waals surface area contributed by atoms with E-state index < -0.39 is 29.4 Å². The van der Waals surface area contributed by atoms with Gasteiger partial charge in [-0.3, -0.25) is 9.59 Å². The average molecular weight is 350 g/mol. The predicted octanol–water partition coefficient (Wildman–Crippen LogP) is 1.21. The van der Waals surface area contributed by atoms with Crippen LogP contribution in [-0.4, -0.2) is 64.2 Å². The molecule has 1 amide bonds. The van der Waals surface area contributed by atoms with Gasteiger partial charge in [-0.05, 0) is 11.5 Å². The molecule has 1 aliphatic heterocycles. The van der Waals surface area contributed by atoms with Crippen LogP contribution in [0.25, 0.3) is 0 Å². The van der Waals surface area contributed by atoms with Gasteiger partial charge in [-0.25, -0.2) is 14.4 Å². The van der Waals surface area contributed by atoms with E-state index in [1.54, 1.807) is 33.2 Å². The van der Waals surface area contributed by atoms with Crippen LogP contribution < -0.4 is 4.90 Å². The molecule has 0 radical (unpaired) electrons. The lowest BCUT2D eigenvalue weighted by atomic mass is 10.1. The molecule has 1 aromatic rings. The first kappa shape index (κ1) is 17.6. The fourth-order valence-corrected chi connectivity index (χ4v) is 3.97. The van der Waals surface area contributed by atoms with Gasteiger partial charge in [0, 0.05) is 26.2 Å². The van der Waals surface area contributed by atoms with Gasteiger partial charge in [0.25, 0.3) is 0 Å². The first-order valence-electron chi connectivity index (χ1n) is 8.38. The minimum Gasteiger partial charge on any atom is -0.481 e. The van der Waals surface area contributed by atoms with Gasteiger partial charge in [0.2, 0.25) is 5.91 Å². The van der Waals surface area contributed by atoms with E-state index in [9.17, 15) is 19.1 Å². The van der Waals surface area contributed by atoms with Crippen molar-refractivity contribution in [1.29, 1.82) is 0 Å². The standard InChI is InChI=1S/C17H23FN4O3/c1-17(2)13(14(17)16(24)25)15(23)21(3)8-11-6-10(18)7-22(11)12-4-5-19-9-20-12/h4-5,9-11,13-14H,6-8H2,1-3H3,(H,24,25)/t10-,11-,13-,14+/m0/s1. The van der Waals surface area contributed by atoms with E-state index >= 15 is 0 Å². The summed E-state index contributed by atoms with van der Waals surface area (Å²) in [6.07, 6.45) is 2.35. The largest absolute Gasteiger partial charge is 0.481 e. The number of halogens is 1. The molecule has 8 heteroatoms. The van der Waals surface area contributed by atoms with Crippen LogP contribution in [0.4, 0.5) is 10.2 Å². The summed E-state index contributed by atoms with van der Waals surface area (Å²) < 4.78 is 14.0. The van der Waals surface area contributed by atoms with Crippen molar-refractivity contribution in [1.82, 2.24) is 14.9 Å². The van der Waals surface area contributed by atoms with Crippen LogP contribution >= 0.6 is 0 Å². The number of anilines is 1. The summed E-state index contributed by atoms with van der Waals surface area (Å²) in [5, 5.41) is 9.26. The Labute approximate surface area is 145 Å². The van der Waals surface area contributed by atoms with E-state index in [4.69, 9.17) is 0 Å². The number of alkyl halides is 1. The number of likely N-dealkylation sites (N-methyl/N-ethyl adjacent to an activating group) is 1. The van der Waals surface area contributed by atoms with Gasteiger partial charge in [0.05, 0.1) is 24.4 Å². The van der Waals surface area contributed by atoms with E-state index in [1.165, 1.54) is 11.2 Å². The highest BCUT2D eigenvalue weighted by Crippen LogP contribution is 2.58. The normalized spacial score (nSPS) is 30.2. The second-order valence-corrected chi connectivity index (χ2v) is 7.54. The molecule has 1 aliphatic carbocycles. The second kappa shape index (κ2) is 6.24. The monoisotopic (exact) mass is 350 g/mol. The van der Waals surface area contributed by atoms with Crippen molar-refractivity contribution >= 4 is 17.7 Å². The average Bonchev–Trinajstić information content (AvgIpc) is 2.95. The Bertz CT molecular complexity index is 669.